The topological polar surface area (TPSA) is 24.5 Å². The molecule has 15 heavy (non-hydrogen) atoms. The Bertz CT molecular complexity index is 160. The van der Waals surface area contributed by atoms with Gasteiger partial charge in [0.1, 0.15) is 0 Å². The van der Waals surface area contributed by atoms with Crippen molar-refractivity contribution in [2.24, 2.45) is 0 Å². The molecule has 3 nitrogen and oxygen atoms in total. The zero-order chi connectivity index (χ0) is 11.1. The predicted octanol–water partition coefficient (Wildman–Crippen LogP) is 1.49. The van der Waals surface area contributed by atoms with Crippen molar-refractivity contribution in [1.29, 1.82) is 0 Å². The van der Waals surface area contributed by atoms with Crippen LogP contribution in [0.4, 0.5) is 0 Å². The van der Waals surface area contributed by atoms with Crippen molar-refractivity contribution < 1.29 is 4.74 Å². The number of nitrogens with zero attached hydrogens (tertiary/aromatic N) is 1. The molecule has 1 saturated heterocycles. The van der Waals surface area contributed by atoms with Gasteiger partial charge in [0.15, 0.2) is 0 Å². The van der Waals surface area contributed by atoms with Gasteiger partial charge in [-0.3, -0.25) is 0 Å². The average molecular weight is 214 g/mol. The summed E-state index contributed by atoms with van der Waals surface area (Å²) >= 11 is 0. The lowest BCUT2D eigenvalue weighted by Crippen LogP contribution is -2.40. The predicted molar refractivity (Wildman–Crippen MR) is 64.2 cm³/mol. The Kier molecular flexibility index (Phi) is 6.22. The number of likely N-dealkylation sites (N-methyl/N-ethyl adjacent to an activating group) is 1. The van der Waals surface area contributed by atoms with E-state index in [0.29, 0.717) is 12.1 Å². The van der Waals surface area contributed by atoms with Gasteiger partial charge in [-0.05, 0) is 39.4 Å². The van der Waals surface area contributed by atoms with Gasteiger partial charge in [-0.1, -0.05) is 13.8 Å². The van der Waals surface area contributed by atoms with Gasteiger partial charge in [0.05, 0.1) is 12.7 Å². The van der Waals surface area contributed by atoms with E-state index in [-0.39, 0.29) is 0 Å². The van der Waals surface area contributed by atoms with Gasteiger partial charge in [0.25, 0.3) is 0 Å². The highest BCUT2D eigenvalue weighted by molar-refractivity contribution is 4.75. The fourth-order valence-electron chi connectivity index (χ4n) is 2.13. The number of piperidine rings is 1. The van der Waals surface area contributed by atoms with Crippen molar-refractivity contribution in [3.05, 3.63) is 0 Å². The molecule has 2 unspecified atom stereocenters. The Hall–Kier alpha value is -0.120. The van der Waals surface area contributed by atoms with Gasteiger partial charge in [0.2, 0.25) is 0 Å². The summed E-state index contributed by atoms with van der Waals surface area (Å²) in [4.78, 5) is 2.41. The fourth-order valence-corrected chi connectivity index (χ4v) is 2.13. The minimum atomic E-state index is 0.483. The number of rotatable bonds is 6. The van der Waals surface area contributed by atoms with Gasteiger partial charge in [-0.2, -0.15) is 0 Å². The lowest BCUT2D eigenvalue weighted by Gasteiger charge is -2.29. The third-order valence-electron chi connectivity index (χ3n) is 3.23. The van der Waals surface area contributed by atoms with Crippen LogP contribution in [-0.4, -0.2) is 49.8 Å². The van der Waals surface area contributed by atoms with E-state index in [1.807, 2.05) is 0 Å². The normalized spacial score (nSPS) is 27.2. The minimum absolute atomic E-state index is 0.483. The van der Waals surface area contributed by atoms with Crippen molar-refractivity contribution in [2.75, 3.05) is 32.8 Å². The summed E-state index contributed by atoms with van der Waals surface area (Å²) in [5.41, 5.74) is 0. The van der Waals surface area contributed by atoms with E-state index in [4.69, 9.17) is 4.74 Å². The quantitative estimate of drug-likeness (QED) is 0.725. The van der Waals surface area contributed by atoms with Crippen molar-refractivity contribution in [3.63, 3.8) is 0 Å². The van der Waals surface area contributed by atoms with Crippen LogP contribution < -0.4 is 5.32 Å². The molecule has 2 atom stereocenters. The SMILES string of the molecule is CCN(CC)CCOC1CCNC(C)C1. The number of nitrogens with one attached hydrogen (secondary N) is 1. The fraction of sp³-hybridized carbons (Fsp3) is 1.00. The Morgan fingerprint density at radius 1 is 1.33 bits per heavy atom. The van der Waals surface area contributed by atoms with E-state index >= 15 is 0 Å². The standard InChI is InChI=1S/C12H26N2O/c1-4-14(5-2)8-9-15-12-6-7-13-11(3)10-12/h11-13H,4-10H2,1-3H3. The summed E-state index contributed by atoms with van der Waals surface area (Å²) < 4.78 is 5.91. The molecule has 3 heteroatoms. The zero-order valence-electron chi connectivity index (χ0n) is 10.5. The van der Waals surface area contributed by atoms with Crippen LogP contribution in [-0.2, 0) is 4.74 Å². The molecule has 0 aromatic carbocycles. The molecule has 1 N–H and O–H groups in total. The first-order chi connectivity index (χ1) is 7.26. The first kappa shape index (κ1) is 12.9. The third kappa shape index (κ3) is 4.96. The second-order valence-electron chi connectivity index (χ2n) is 4.40. The molecule has 0 amide bonds. The molecule has 0 aromatic rings. The Morgan fingerprint density at radius 2 is 2.07 bits per heavy atom. The van der Waals surface area contributed by atoms with Crippen LogP contribution in [0.3, 0.4) is 0 Å². The molecule has 1 aliphatic rings. The van der Waals surface area contributed by atoms with Crippen LogP contribution >= 0.6 is 0 Å². The molecule has 0 spiro atoms. The number of hydrogen-bond donors (Lipinski definition) is 1. The summed E-state index contributed by atoms with van der Waals surface area (Å²) in [5, 5.41) is 3.44. The van der Waals surface area contributed by atoms with Crippen LogP contribution in [0.25, 0.3) is 0 Å². The largest absolute Gasteiger partial charge is 0.377 e. The van der Waals surface area contributed by atoms with Crippen molar-refractivity contribution in [1.82, 2.24) is 10.2 Å². The van der Waals surface area contributed by atoms with Crippen LogP contribution in [0, 0.1) is 0 Å². The van der Waals surface area contributed by atoms with Gasteiger partial charge in [0, 0.05) is 12.6 Å². The van der Waals surface area contributed by atoms with Crippen molar-refractivity contribution in [3.8, 4) is 0 Å². The van der Waals surface area contributed by atoms with Crippen LogP contribution in [0.5, 0.6) is 0 Å². The van der Waals surface area contributed by atoms with Crippen LogP contribution in [0.1, 0.15) is 33.6 Å². The van der Waals surface area contributed by atoms with Gasteiger partial charge < -0.3 is 15.0 Å². The zero-order valence-corrected chi connectivity index (χ0v) is 10.5. The maximum atomic E-state index is 5.91. The lowest BCUT2D eigenvalue weighted by atomic mass is 10.0. The maximum Gasteiger partial charge on any atom is 0.0602 e. The van der Waals surface area contributed by atoms with Crippen LogP contribution in [0.2, 0.25) is 0 Å². The highest BCUT2D eigenvalue weighted by Crippen LogP contribution is 2.11. The smallest absolute Gasteiger partial charge is 0.0602 e. The van der Waals surface area contributed by atoms with E-state index in [0.717, 1.165) is 39.2 Å². The molecular weight excluding hydrogens is 188 g/mol. The van der Waals surface area contributed by atoms with E-state index in [2.05, 4.69) is 31.0 Å². The highest BCUT2D eigenvalue weighted by atomic mass is 16.5. The molecule has 90 valence electrons. The molecular formula is C12H26N2O. The molecule has 0 bridgehead atoms. The Morgan fingerprint density at radius 3 is 2.67 bits per heavy atom. The van der Waals surface area contributed by atoms with Gasteiger partial charge >= 0.3 is 0 Å². The van der Waals surface area contributed by atoms with E-state index < -0.39 is 0 Å². The number of ether oxygens (including phenoxy) is 1. The molecule has 1 heterocycles. The molecule has 0 aromatic heterocycles. The Labute approximate surface area is 94.2 Å². The van der Waals surface area contributed by atoms with Crippen molar-refractivity contribution >= 4 is 0 Å². The number of hydrogen-bond acceptors (Lipinski definition) is 3. The summed E-state index contributed by atoms with van der Waals surface area (Å²) in [7, 11) is 0. The summed E-state index contributed by atoms with van der Waals surface area (Å²) in [5.74, 6) is 0. The second-order valence-corrected chi connectivity index (χ2v) is 4.40. The summed E-state index contributed by atoms with van der Waals surface area (Å²) in [6.45, 7) is 12.0. The molecule has 0 aliphatic carbocycles. The molecule has 1 rings (SSSR count). The molecule has 1 fully saturated rings. The molecule has 0 saturated carbocycles. The lowest BCUT2D eigenvalue weighted by molar-refractivity contribution is 0.0134. The average Bonchev–Trinajstić information content (AvgIpc) is 2.25. The van der Waals surface area contributed by atoms with E-state index in [1.54, 1.807) is 0 Å². The monoisotopic (exact) mass is 214 g/mol. The first-order valence-corrected chi connectivity index (χ1v) is 6.33. The maximum absolute atomic E-state index is 5.91. The summed E-state index contributed by atoms with van der Waals surface area (Å²) in [6.07, 6.45) is 2.82. The van der Waals surface area contributed by atoms with Crippen molar-refractivity contribution in [2.45, 2.75) is 45.8 Å². The third-order valence-corrected chi connectivity index (χ3v) is 3.23. The minimum Gasteiger partial charge on any atom is -0.377 e. The first-order valence-electron chi connectivity index (χ1n) is 6.33. The van der Waals surface area contributed by atoms with Gasteiger partial charge in [-0.15, -0.1) is 0 Å². The van der Waals surface area contributed by atoms with Crippen LogP contribution in [0.15, 0.2) is 0 Å². The van der Waals surface area contributed by atoms with E-state index in [9.17, 15) is 0 Å². The van der Waals surface area contributed by atoms with Gasteiger partial charge in [-0.25, -0.2) is 0 Å². The Balaban J connectivity index is 2.08. The molecule has 1 aliphatic heterocycles. The highest BCUT2D eigenvalue weighted by Gasteiger charge is 2.18. The van der Waals surface area contributed by atoms with E-state index in [1.165, 1.54) is 6.42 Å². The second kappa shape index (κ2) is 7.20. The molecule has 0 radical (unpaired) electrons. The summed E-state index contributed by atoms with van der Waals surface area (Å²) in [6, 6.07) is 0.622.